The molecular formula is C23H22N6O3. The fourth-order valence-corrected chi connectivity index (χ4v) is 3.06. The van der Waals surface area contributed by atoms with Crippen LogP contribution in [0.1, 0.15) is 12.5 Å². The molecule has 0 fully saturated rings. The number of para-hydroxylation sites is 1. The minimum absolute atomic E-state index is 0.0992. The molecule has 2 N–H and O–H groups in total. The molecule has 1 aromatic heterocycles. The van der Waals surface area contributed by atoms with Gasteiger partial charge >= 0.3 is 6.01 Å². The number of ether oxygens (including phenoxy) is 2. The highest BCUT2D eigenvalue weighted by molar-refractivity contribution is 5.88. The van der Waals surface area contributed by atoms with Crippen LogP contribution in [-0.2, 0) is 11.3 Å². The first-order valence-corrected chi connectivity index (χ1v) is 9.92. The van der Waals surface area contributed by atoms with Crippen LogP contribution in [0.2, 0.25) is 0 Å². The number of tetrazole rings is 1. The van der Waals surface area contributed by atoms with Gasteiger partial charge in [0.25, 0.3) is 0 Å². The summed E-state index contributed by atoms with van der Waals surface area (Å²) >= 11 is 0. The van der Waals surface area contributed by atoms with E-state index >= 15 is 0 Å². The number of hydrogen-bond donors (Lipinski definition) is 2. The lowest BCUT2D eigenvalue weighted by atomic mass is 10.2. The second-order valence-corrected chi connectivity index (χ2v) is 6.91. The van der Waals surface area contributed by atoms with Gasteiger partial charge in [0.05, 0.1) is 12.8 Å². The van der Waals surface area contributed by atoms with Crippen molar-refractivity contribution in [1.29, 1.82) is 0 Å². The maximum Gasteiger partial charge on any atom is 0.346 e. The molecule has 0 saturated heterocycles. The van der Waals surface area contributed by atoms with E-state index in [1.165, 1.54) is 11.6 Å². The van der Waals surface area contributed by atoms with Gasteiger partial charge in [-0.3, -0.25) is 4.79 Å². The highest BCUT2D eigenvalue weighted by Crippen LogP contribution is 2.32. The molecule has 1 amide bonds. The number of carbonyl (C=O) groups excluding carboxylic acids is 1. The van der Waals surface area contributed by atoms with Crippen molar-refractivity contribution in [3.63, 3.8) is 0 Å². The Bertz CT molecular complexity index is 1190. The van der Waals surface area contributed by atoms with Gasteiger partial charge in [0.2, 0.25) is 5.91 Å². The van der Waals surface area contributed by atoms with Crippen molar-refractivity contribution >= 4 is 17.3 Å². The first-order chi connectivity index (χ1) is 15.6. The van der Waals surface area contributed by atoms with Gasteiger partial charge in [0.1, 0.15) is 0 Å². The van der Waals surface area contributed by atoms with Crippen LogP contribution in [0.25, 0.3) is 5.69 Å². The molecule has 0 bridgehead atoms. The lowest BCUT2D eigenvalue weighted by Gasteiger charge is -2.12. The summed E-state index contributed by atoms with van der Waals surface area (Å²) in [5, 5.41) is 17.8. The summed E-state index contributed by atoms with van der Waals surface area (Å²) in [5.74, 6) is 0.966. The maximum absolute atomic E-state index is 11.1. The molecule has 0 atom stereocenters. The molecule has 0 aliphatic heterocycles. The van der Waals surface area contributed by atoms with Gasteiger partial charge < -0.3 is 20.1 Å². The Labute approximate surface area is 185 Å². The standard InChI is InChI=1S/C23H22N6O3/c1-16(30)25-19-11-9-18(10-12-19)24-15-17-8-13-21(22(14-17)31-2)32-23-26-27-28-29(23)20-6-4-3-5-7-20/h3-14,24H,15H2,1-2H3,(H,25,30). The molecule has 9 heteroatoms. The second kappa shape index (κ2) is 9.61. The van der Waals surface area contributed by atoms with Gasteiger partial charge in [0, 0.05) is 24.8 Å². The van der Waals surface area contributed by atoms with E-state index in [0.717, 1.165) is 22.6 Å². The van der Waals surface area contributed by atoms with Gasteiger partial charge in [-0.1, -0.05) is 29.4 Å². The Morgan fingerprint density at radius 3 is 2.44 bits per heavy atom. The maximum atomic E-state index is 11.1. The topological polar surface area (TPSA) is 103 Å². The average Bonchev–Trinajstić information content (AvgIpc) is 3.27. The smallest absolute Gasteiger partial charge is 0.346 e. The van der Waals surface area contributed by atoms with Crippen molar-refractivity contribution in [2.75, 3.05) is 17.7 Å². The summed E-state index contributed by atoms with van der Waals surface area (Å²) in [6, 6.07) is 22.9. The molecule has 0 spiro atoms. The van der Waals surface area contributed by atoms with Crippen LogP contribution in [0.3, 0.4) is 0 Å². The zero-order valence-corrected chi connectivity index (χ0v) is 17.6. The number of nitrogens with zero attached hydrogens (tertiary/aromatic N) is 4. The zero-order chi connectivity index (χ0) is 22.3. The van der Waals surface area contributed by atoms with E-state index in [1.807, 2.05) is 72.8 Å². The van der Waals surface area contributed by atoms with E-state index in [1.54, 1.807) is 7.11 Å². The lowest BCUT2D eigenvalue weighted by molar-refractivity contribution is -0.114. The van der Waals surface area contributed by atoms with E-state index in [9.17, 15) is 4.79 Å². The molecule has 162 valence electrons. The van der Waals surface area contributed by atoms with Gasteiger partial charge in [0.15, 0.2) is 11.5 Å². The van der Waals surface area contributed by atoms with Crippen molar-refractivity contribution in [2.45, 2.75) is 13.5 Å². The molecule has 4 rings (SSSR count). The molecule has 0 radical (unpaired) electrons. The number of rotatable bonds is 8. The van der Waals surface area contributed by atoms with Crippen LogP contribution in [-0.4, -0.2) is 33.2 Å². The fourth-order valence-electron chi connectivity index (χ4n) is 3.06. The monoisotopic (exact) mass is 430 g/mol. The number of nitrogens with one attached hydrogen (secondary N) is 2. The largest absolute Gasteiger partial charge is 0.493 e. The van der Waals surface area contributed by atoms with E-state index in [-0.39, 0.29) is 11.9 Å². The number of methoxy groups -OCH3 is 1. The number of anilines is 2. The molecule has 0 aliphatic rings. The summed E-state index contributed by atoms with van der Waals surface area (Å²) in [4.78, 5) is 11.1. The van der Waals surface area contributed by atoms with Gasteiger partial charge in [-0.2, -0.15) is 4.68 Å². The SMILES string of the molecule is COc1cc(CNc2ccc(NC(C)=O)cc2)ccc1Oc1nnnn1-c1ccccc1. The molecule has 0 saturated carbocycles. The van der Waals surface area contributed by atoms with Crippen molar-refractivity contribution in [1.82, 2.24) is 20.2 Å². The zero-order valence-electron chi connectivity index (χ0n) is 17.6. The Kier molecular flexibility index (Phi) is 6.26. The van der Waals surface area contributed by atoms with Crippen LogP contribution in [0.4, 0.5) is 11.4 Å². The van der Waals surface area contributed by atoms with E-state index < -0.39 is 0 Å². The minimum atomic E-state index is -0.0992. The van der Waals surface area contributed by atoms with Gasteiger partial charge in [-0.25, -0.2) is 0 Å². The summed E-state index contributed by atoms with van der Waals surface area (Å²) in [5.41, 5.74) is 3.48. The second-order valence-electron chi connectivity index (χ2n) is 6.91. The third-order valence-electron chi connectivity index (χ3n) is 4.57. The van der Waals surface area contributed by atoms with Crippen LogP contribution in [0, 0.1) is 0 Å². The number of amides is 1. The minimum Gasteiger partial charge on any atom is -0.493 e. The molecular weight excluding hydrogens is 408 g/mol. The first-order valence-electron chi connectivity index (χ1n) is 9.92. The van der Waals surface area contributed by atoms with Gasteiger partial charge in [-0.05, 0) is 64.5 Å². The normalized spacial score (nSPS) is 10.4. The molecule has 9 nitrogen and oxygen atoms in total. The summed E-state index contributed by atoms with van der Waals surface area (Å²) in [6.45, 7) is 2.06. The molecule has 32 heavy (non-hydrogen) atoms. The number of aromatic nitrogens is 4. The third kappa shape index (κ3) is 5.01. The molecule has 0 unspecified atom stereocenters. The van der Waals surface area contributed by atoms with Crippen LogP contribution in [0.5, 0.6) is 17.5 Å². The van der Waals surface area contributed by atoms with Gasteiger partial charge in [-0.15, -0.1) is 0 Å². The van der Waals surface area contributed by atoms with Crippen molar-refractivity contribution in [3.8, 4) is 23.2 Å². The van der Waals surface area contributed by atoms with E-state index in [2.05, 4.69) is 26.2 Å². The number of benzene rings is 3. The Hall–Kier alpha value is -4.40. The summed E-state index contributed by atoms with van der Waals surface area (Å²) < 4.78 is 13.0. The van der Waals surface area contributed by atoms with Crippen LogP contribution >= 0.6 is 0 Å². The molecule has 4 aromatic rings. The predicted octanol–water partition coefficient (Wildman–Crippen LogP) is 4.03. The molecule has 3 aromatic carbocycles. The van der Waals surface area contributed by atoms with E-state index in [4.69, 9.17) is 9.47 Å². The Balaban J connectivity index is 1.45. The van der Waals surface area contributed by atoms with Crippen LogP contribution in [0.15, 0.2) is 72.8 Å². The summed E-state index contributed by atoms with van der Waals surface area (Å²) in [6.07, 6.45) is 0. The summed E-state index contributed by atoms with van der Waals surface area (Å²) in [7, 11) is 1.58. The van der Waals surface area contributed by atoms with E-state index in [0.29, 0.717) is 18.0 Å². The van der Waals surface area contributed by atoms with Crippen LogP contribution < -0.4 is 20.1 Å². The average molecular weight is 430 g/mol. The Morgan fingerprint density at radius 1 is 0.969 bits per heavy atom. The van der Waals surface area contributed by atoms with Crippen molar-refractivity contribution in [3.05, 3.63) is 78.4 Å². The fraction of sp³-hybridized carbons (Fsp3) is 0.130. The number of hydrogen-bond acceptors (Lipinski definition) is 7. The quantitative estimate of drug-likeness (QED) is 0.435. The molecule has 0 aliphatic carbocycles. The predicted molar refractivity (Wildman–Crippen MR) is 120 cm³/mol. The third-order valence-corrected chi connectivity index (χ3v) is 4.57. The highest BCUT2D eigenvalue weighted by Gasteiger charge is 2.14. The van der Waals surface area contributed by atoms with Crippen molar-refractivity contribution < 1.29 is 14.3 Å². The first kappa shape index (κ1) is 20.9. The highest BCUT2D eigenvalue weighted by atomic mass is 16.5. The number of carbonyl (C=O) groups is 1. The van der Waals surface area contributed by atoms with Crippen molar-refractivity contribution in [2.24, 2.45) is 0 Å². The molecule has 1 heterocycles. The Morgan fingerprint density at radius 2 is 1.72 bits per heavy atom. The lowest BCUT2D eigenvalue weighted by Crippen LogP contribution is -2.06.